The average molecular weight is 656 g/mol. The highest BCUT2D eigenvalue weighted by atomic mass is 32.1. The van der Waals surface area contributed by atoms with Crippen molar-refractivity contribution >= 4 is 27.3 Å². The number of rotatable bonds is 7. The summed E-state index contributed by atoms with van der Waals surface area (Å²) < 4.78 is 39.2. The SMILES string of the molecule is C=CC(=O)N1CCn2nc(-c3nc(-c4ccc5c(c4)CCN(C)C5)c4ccsc4c3-c3c(F)cc(F)cc3OC[C@@H](C)O)cc2[C@H]1C. The second-order valence-corrected chi connectivity index (χ2v) is 13.2. The number of ether oxygens (including phenoxy) is 1. The van der Waals surface area contributed by atoms with Crippen LogP contribution in [0, 0.1) is 11.6 Å². The Balaban J connectivity index is 1.48. The Hall–Kier alpha value is -4.45. The zero-order valence-electron chi connectivity index (χ0n) is 26.5. The number of halogens is 2. The van der Waals surface area contributed by atoms with E-state index in [-0.39, 0.29) is 29.9 Å². The fourth-order valence-corrected chi connectivity index (χ4v) is 7.61. The van der Waals surface area contributed by atoms with Crippen molar-refractivity contribution in [3.8, 4) is 39.5 Å². The van der Waals surface area contributed by atoms with E-state index < -0.39 is 17.7 Å². The van der Waals surface area contributed by atoms with Crippen molar-refractivity contribution in [1.29, 1.82) is 0 Å². The Morgan fingerprint density at radius 3 is 2.74 bits per heavy atom. The summed E-state index contributed by atoms with van der Waals surface area (Å²) in [4.78, 5) is 21.9. The zero-order chi connectivity index (χ0) is 33.0. The van der Waals surface area contributed by atoms with Crippen LogP contribution in [0.4, 0.5) is 8.78 Å². The molecule has 11 heteroatoms. The molecule has 3 aromatic heterocycles. The lowest BCUT2D eigenvalue weighted by atomic mass is 9.93. The molecule has 0 saturated carbocycles. The van der Waals surface area contributed by atoms with Crippen molar-refractivity contribution in [3.63, 3.8) is 0 Å². The van der Waals surface area contributed by atoms with Gasteiger partial charge >= 0.3 is 0 Å². The normalized spacial score (nSPS) is 17.0. The van der Waals surface area contributed by atoms with Gasteiger partial charge in [-0.1, -0.05) is 18.7 Å². The van der Waals surface area contributed by atoms with E-state index in [1.807, 2.05) is 29.1 Å². The topological polar surface area (TPSA) is 83.7 Å². The number of aliphatic hydroxyl groups is 1. The highest BCUT2D eigenvalue weighted by molar-refractivity contribution is 7.18. The largest absolute Gasteiger partial charge is 0.490 e. The van der Waals surface area contributed by atoms with Crippen LogP contribution in [0.1, 0.15) is 36.7 Å². The number of aromatic nitrogens is 3. The highest BCUT2D eigenvalue weighted by Gasteiger charge is 2.31. The molecule has 0 bridgehead atoms. The lowest BCUT2D eigenvalue weighted by molar-refractivity contribution is -0.129. The Morgan fingerprint density at radius 1 is 1.13 bits per heavy atom. The maximum atomic E-state index is 16.1. The van der Waals surface area contributed by atoms with E-state index in [0.717, 1.165) is 58.7 Å². The molecular weight excluding hydrogens is 620 g/mol. The van der Waals surface area contributed by atoms with Gasteiger partial charge in [-0.3, -0.25) is 9.48 Å². The van der Waals surface area contributed by atoms with Crippen LogP contribution < -0.4 is 4.74 Å². The van der Waals surface area contributed by atoms with Crippen LogP contribution in [-0.2, 0) is 24.3 Å². The average Bonchev–Trinajstić information content (AvgIpc) is 3.71. The lowest BCUT2D eigenvalue weighted by Gasteiger charge is -2.33. The van der Waals surface area contributed by atoms with Gasteiger partial charge in [0.05, 0.1) is 35.6 Å². The molecule has 0 aliphatic carbocycles. The molecule has 0 radical (unpaired) electrons. The summed E-state index contributed by atoms with van der Waals surface area (Å²) in [5.41, 5.74) is 6.42. The molecule has 1 N–H and O–H groups in total. The van der Waals surface area contributed by atoms with Crippen molar-refractivity contribution in [1.82, 2.24) is 24.6 Å². The molecule has 47 heavy (non-hydrogen) atoms. The third-order valence-electron chi connectivity index (χ3n) is 9.00. The molecular formula is C36H35F2N5O3S. The van der Waals surface area contributed by atoms with Crippen LogP contribution in [-0.4, -0.2) is 68.4 Å². The molecule has 0 unspecified atom stereocenters. The van der Waals surface area contributed by atoms with Gasteiger partial charge in [-0.05, 0) is 68.1 Å². The standard InChI is InChI=1S/C36H35F2N5O3S/c1-5-31(45)42-11-12-43-29(21(42)3)17-28(40-43)35-33(32-27(38)15-25(37)16-30(32)46-19-20(2)44)36-26(9-13-47-36)34(39-35)23-6-7-24-18-41(4)10-8-22(24)14-23/h5-7,9,13-17,20-21,44H,1,8,10-12,18-19H2,2-4H3/t20-,21-/m1/s1. The Labute approximate surface area is 275 Å². The van der Waals surface area contributed by atoms with Crippen molar-refractivity contribution in [2.24, 2.45) is 0 Å². The molecule has 0 saturated heterocycles. The van der Waals surface area contributed by atoms with E-state index in [9.17, 15) is 14.3 Å². The minimum absolute atomic E-state index is 0.0353. The van der Waals surface area contributed by atoms with Crippen LogP contribution in [0.5, 0.6) is 5.75 Å². The summed E-state index contributed by atoms with van der Waals surface area (Å²) in [6.45, 7) is 9.75. The summed E-state index contributed by atoms with van der Waals surface area (Å²) in [7, 11) is 2.12. The molecule has 2 atom stereocenters. The van der Waals surface area contributed by atoms with E-state index in [0.29, 0.717) is 30.0 Å². The predicted octanol–water partition coefficient (Wildman–Crippen LogP) is 6.61. The van der Waals surface area contributed by atoms with Crippen molar-refractivity contribution in [2.75, 3.05) is 26.7 Å². The molecule has 7 rings (SSSR count). The Kier molecular flexibility index (Phi) is 8.15. The van der Waals surface area contributed by atoms with E-state index in [1.54, 1.807) is 11.8 Å². The zero-order valence-corrected chi connectivity index (χ0v) is 27.3. The molecule has 5 heterocycles. The summed E-state index contributed by atoms with van der Waals surface area (Å²) >= 11 is 1.43. The lowest BCUT2D eigenvalue weighted by Crippen LogP contribution is -2.40. The van der Waals surface area contributed by atoms with Crippen LogP contribution >= 0.6 is 11.3 Å². The maximum absolute atomic E-state index is 16.1. The van der Waals surface area contributed by atoms with Crippen molar-refractivity contribution in [3.05, 3.63) is 89.0 Å². The number of nitrogens with zero attached hydrogens (tertiary/aromatic N) is 5. The first-order chi connectivity index (χ1) is 22.6. The molecule has 2 aliphatic rings. The van der Waals surface area contributed by atoms with Gasteiger partial charge in [-0.2, -0.15) is 5.10 Å². The van der Waals surface area contributed by atoms with Crippen molar-refractivity contribution < 1.29 is 23.4 Å². The van der Waals surface area contributed by atoms with Gasteiger partial charge in [0.1, 0.15) is 35.4 Å². The maximum Gasteiger partial charge on any atom is 0.246 e. The predicted molar refractivity (Wildman–Crippen MR) is 179 cm³/mol. The number of hydrogen-bond acceptors (Lipinski definition) is 7. The number of amides is 1. The number of fused-ring (bicyclic) bond motifs is 3. The number of benzene rings is 2. The first-order valence-electron chi connectivity index (χ1n) is 15.7. The number of pyridine rings is 1. The van der Waals surface area contributed by atoms with Crippen LogP contribution in [0.2, 0.25) is 0 Å². The van der Waals surface area contributed by atoms with Gasteiger partial charge in [0.25, 0.3) is 0 Å². The van der Waals surface area contributed by atoms with Gasteiger partial charge in [0, 0.05) is 53.0 Å². The van der Waals surface area contributed by atoms with Gasteiger partial charge in [-0.15, -0.1) is 11.3 Å². The van der Waals surface area contributed by atoms with Crippen molar-refractivity contribution in [2.45, 2.75) is 45.5 Å². The number of carbonyl (C=O) groups is 1. The minimum Gasteiger partial charge on any atom is -0.490 e. The van der Waals surface area contributed by atoms with Crippen LogP contribution in [0.15, 0.2) is 60.5 Å². The fraction of sp³-hybridized carbons (Fsp3) is 0.306. The highest BCUT2D eigenvalue weighted by Crippen LogP contribution is 2.47. The molecule has 5 aromatic rings. The van der Waals surface area contributed by atoms with E-state index in [2.05, 4.69) is 36.7 Å². The molecule has 0 fully saturated rings. The fourth-order valence-electron chi connectivity index (χ4n) is 6.66. The first kappa shape index (κ1) is 31.2. The minimum atomic E-state index is -0.859. The van der Waals surface area contributed by atoms with Gasteiger partial charge in [0.15, 0.2) is 0 Å². The second kappa shape index (κ2) is 12.3. The third-order valence-corrected chi connectivity index (χ3v) is 9.93. The molecule has 1 amide bonds. The molecule has 242 valence electrons. The smallest absolute Gasteiger partial charge is 0.246 e. The van der Waals surface area contributed by atoms with E-state index in [4.69, 9.17) is 14.8 Å². The number of thiophene rings is 1. The summed E-state index contributed by atoms with van der Waals surface area (Å²) in [6.07, 6.45) is 1.37. The Bertz CT molecular complexity index is 2040. The number of aliphatic hydroxyl groups excluding tert-OH is 1. The quantitative estimate of drug-likeness (QED) is 0.199. The van der Waals surface area contributed by atoms with Crippen LogP contribution in [0.3, 0.4) is 0 Å². The number of hydrogen-bond donors (Lipinski definition) is 1. The van der Waals surface area contributed by atoms with E-state index in [1.165, 1.54) is 28.5 Å². The van der Waals surface area contributed by atoms with E-state index >= 15 is 4.39 Å². The number of likely N-dealkylation sites (N-methyl/N-ethyl adjacent to an activating group) is 1. The van der Waals surface area contributed by atoms with Gasteiger partial charge < -0.3 is 19.6 Å². The molecule has 2 aromatic carbocycles. The molecule has 8 nitrogen and oxygen atoms in total. The summed E-state index contributed by atoms with van der Waals surface area (Å²) in [5.74, 6) is -1.81. The van der Waals surface area contributed by atoms with Crippen LogP contribution in [0.25, 0.3) is 43.9 Å². The molecule has 2 aliphatic heterocycles. The van der Waals surface area contributed by atoms with Gasteiger partial charge in [0.2, 0.25) is 5.91 Å². The summed E-state index contributed by atoms with van der Waals surface area (Å²) in [6, 6.07) is 12.0. The summed E-state index contributed by atoms with van der Waals surface area (Å²) in [5, 5.41) is 17.7. The Morgan fingerprint density at radius 2 is 1.96 bits per heavy atom. The first-order valence-corrected chi connectivity index (χ1v) is 16.5. The monoisotopic (exact) mass is 655 g/mol. The second-order valence-electron chi connectivity index (χ2n) is 12.3. The van der Waals surface area contributed by atoms with Gasteiger partial charge in [-0.25, -0.2) is 13.8 Å². The molecule has 0 spiro atoms. The third kappa shape index (κ3) is 5.62. The number of carbonyl (C=O) groups excluding carboxylic acids is 1.